The van der Waals surface area contributed by atoms with Gasteiger partial charge in [0.2, 0.25) is 5.39 Å². The fourth-order valence-corrected chi connectivity index (χ4v) is 0.879. The number of carbonyl (C=O) groups excluding carboxylic acids is 1. The second-order valence-electron chi connectivity index (χ2n) is 2.78. The average Bonchev–Trinajstić information content (AvgIpc) is 2.27. The molecule has 1 rings (SSSR count). The molecule has 0 atom stereocenters. The van der Waals surface area contributed by atoms with Crippen LogP contribution in [-0.2, 0) is 15.1 Å². The van der Waals surface area contributed by atoms with Crippen molar-refractivity contribution in [3.05, 3.63) is 34.8 Å². The molecule has 18 heavy (non-hydrogen) atoms. The van der Waals surface area contributed by atoms with Crippen LogP contribution in [0.1, 0.15) is 17.3 Å². The third kappa shape index (κ3) is 8.17. The first kappa shape index (κ1) is 16.0. The Morgan fingerprint density at radius 2 is 1.78 bits per heavy atom. The van der Waals surface area contributed by atoms with E-state index in [1.165, 1.54) is 12.1 Å². The highest BCUT2D eigenvalue weighted by atomic mass is 32.3. The van der Waals surface area contributed by atoms with Gasteiger partial charge in [-0.1, -0.05) is 0 Å². The molecule has 0 saturated heterocycles. The molecule has 0 spiro atoms. The van der Waals surface area contributed by atoms with Crippen LogP contribution in [0.25, 0.3) is 4.98 Å². The zero-order valence-corrected chi connectivity index (χ0v) is 10.1. The molecule has 0 aromatic heterocycles. The quantitative estimate of drug-likeness (QED) is 0.339. The van der Waals surface area contributed by atoms with Crippen LogP contribution in [0, 0.1) is 5.39 Å². The van der Waals surface area contributed by atoms with E-state index < -0.39 is 10.4 Å². The second kappa shape index (κ2) is 7.33. The van der Waals surface area contributed by atoms with Gasteiger partial charge in [0.05, 0.1) is 12.2 Å². The molecule has 0 saturated carbocycles. The van der Waals surface area contributed by atoms with Crippen LogP contribution in [0.4, 0.5) is 5.69 Å². The first-order valence-electron chi connectivity index (χ1n) is 4.57. The lowest BCUT2D eigenvalue weighted by atomic mass is 10.2. The van der Waals surface area contributed by atoms with Gasteiger partial charge < -0.3 is 13.8 Å². The highest BCUT2D eigenvalue weighted by Crippen LogP contribution is 2.12. The van der Waals surface area contributed by atoms with Gasteiger partial charge in [0.1, 0.15) is 0 Å². The Labute approximate surface area is 103 Å². The summed E-state index contributed by atoms with van der Waals surface area (Å²) in [5.41, 5.74) is 0.863. The number of carbonyl (C=O) groups is 1. The lowest BCUT2D eigenvalue weighted by Crippen LogP contribution is -2.03. The first-order chi connectivity index (χ1) is 8.27. The maximum Gasteiger partial charge on any atom is 0.385 e. The lowest BCUT2D eigenvalue weighted by Gasteiger charge is -2.06. The average molecular weight is 273 g/mol. The Morgan fingerprint density at radius 1 is 1.33 bits per heavy atom. The van der Waals surface area contributed by atoms with E-state index in [4.69, 9.17) is 27.7 Å². The number of diazo groups is 1. The topological polar surface area (TPSA) is 135 Å². The van der Waals surface area contributed by atoms with E-state index in [0.717, 1.165) is 0 Å². The summed E-state index contributed by atoms with van der Waals surface area (Å²) in [5.74, 6) is -0.369. The summed E-state index contributed by atoms with van der Waals surface area (Å²) in [6.07, 6.45) is 0. The third-order valence-corrected chi connectivity index (χ3v) is 1.49. The Bertz CT molecular complexity index is 523. The minimum Gasteiger partial charge on any atom is -0.759 e. The molecule has 0 heterocycles. The molecule has 0 fully saturated rings. The second-order valence-corrected chi connectivity index (χ2v) is 3.59. The summed E-state index contributed by atoms with van der Waals surface area (Å²) in [5, 5.41) is 8.38. The molecule has 1 aromatic rings. The first-order valence-corrected chi connectivity index (χ1v) is 5.90. The summed E-state index contributed by atoms with van der Waals surface area (Å²) in [4.78, 5) is 14.1. The minimum absolute atomic E-state index is 0.352. The number of nitrogens with zero attached hydrogens (tertiary/aromatic N) is 2. The normalized spacial score (nSPS) is 9.67. The van der Waals surface area contributed by atoms with Crippen LogP contribution in [0.2, 0.25) is 0 Å². The number of benzene rings is 1. The Balaban J connectivity index is 0.000000494. The van der Waals surface area contributed by atoms with Crippen LogP contribution in [-0.4, -0.2) is 30.1 Å². The molecule has 8 nitrogen and oxygen atoms in total. The molecular weight excluding hydrogens is 264 g/mol. The van der Waals surface area contributed by atoms with Gasteiger partial charge >= 0.3 is 11.7 Å². The fraction of sp³-hybridized carbons (Fsp3) is 0.222. The van der Waals surface area contributed by atoms with Gasteiger partial charge in [-0.25, -0.2) is 4.79 Å². The third-order valence-electron chi connectivity index (χ3n) is 1.49. The van der Waals surface area contributed by atoms with E-state index in [9.17, 15) is 4.79 Å². The molecule has 1 aromatic carbocycles. The zero-order valence-electron chi connectivity index (χ0n) is 9.27. The maximum absolute atomic E-state index is 11.1. The number of hydrogen-bond acceptors (Lipinski definition) is 7. The predicted octanol–water partition coefficient (Wildman–Crippen LogP) is 1.01. The monoisotopic (exact) mass is 273 g/mol. The van der Waals surface area contributed by atoms with Crippen molar-refractivity contribution in [2.24, 2.45) is 0 Å². The highest BCUT2D eigenvalue weighted by Gasteiger charge is 2.08. The van der Waals surface area contributed by atoms with Crippen molar-refractivity contribution < 1.29 is 27.1 Å². The van der Waals surface area contributed by atoms with Crippen molar-refractivity contribution in [1.82, 2.24) is 0 Å². The van der Waals surface area contributed by atoms with Gasteiger partial charge in [-0.3, -0.25) is 8.42 Å². The summed E-state index contributed by atoms with van der Waals surface area (Å²) in [6, 6.07) is 6.17. The van der Waals surface area contributed by atoms with E-state index in [-0.39, 0.29) is 5.97 Å². The van der Waals surface area contributed by atoms with E-state index in [1.807, 2.05) is 0 Å². The lowest BCUT2D eigenvalue weighted by molar-refractivity contribution is 0.0526. The van der Waals surface area contributed by atoms with Gasteiger partial charge in [-0.05, 0) is 19.1 Å². The molecule has 0 N–H and O–H groups in total. The van der Waals surface area contributed by atoms with Crippen molar-refractivity contribution in [2.45, 2.75) is 6.92 Å². The predicted molar refractivity (Wildman–Crippen MR) is 57.6 cm³/mol. The largest absolute Gasteiger partial charge is 0.759 e. The Kier molecular flexibility index (Phi) is 6.51. The molecule has 0 aliphatic carbocycles. The number of esters is 1. The molecule has 0 bridgehead atoms. The van der Waals surface area contributed by atoms with E-state index in [2.05, 4.69) is 4.98 Å². The van der Waals surface area contributed by atoms with Crippen molar-refractivity contribution in [2.75, 3.05) is 6.61 Å². The van der Waals surface area contributed by atoms with Crippen LogP contribution < -0.4 is 0 Å². The van der Waals surface area contributed by atoms with E-state index >= 15 is 0 Å². The van der Waals surface area contributed by atoms with Crippen molar-refractivity contribution in [3.8, 4) is 0 Å². The summed E-state index contributed by atoms with van der Waals surface area (Å²) < 4.78 is 38.9. The van der Waals surface area contributed by atoms with Crippen molar-refractivity contribution >= 4 is 22.1 Å². The van der Waals surface area contributed by atoms with Gasteiger partial charge in [0, 0.05) is 22.5 Å². The Hall–Kier alpha value is -2.02. The molecular formula is C9H9N2O6S-. The fourth-order valence-electron chi connectivity index (χ4n) is 0.879. The highest BCUT2D eigenvalue weighted by molar-refractivity contribution is 7.79. The Morgan fingerprint density at radius 3 is 2.11 bits per heavy atom. The summed E-state index contributed by atoms with van der Waals surface area (Å²) in [6.45, 7) is 2.10. The maximum atomic E-state index is 11.1. The van der Waals surface area contributed by atoms with Crippen molar-refractivity contribution in [3.63, 3.8) is 0 Å². The van der Waals surface area contributed by atoms with Crippen molar-refractivity contribution in [1.29, 1.82) is 5.39 Å². The molecule has 0 unspecified atom stereocenters. The molecule has 0 aliphatic rings. The minimum atomic E-state index is -5.17. The molecule has 98 valence electrons. The van der Waals surface area contributed by atoms with Gasteiger partial charge in [0.25, 0.3) is 0 Å². The zero-order chi connectivity index (χ0) is 14.2. The smallest absolute Gasteiger partial charge is 0.385 e. The SMILES string of the molecule is CCOC(=O)c1ccc([N+]#N)cc1.O=S(=O)([O-])[O-]. The number of hydrogen-bond donors (Lipinski definition) is 0. The van der Waals surface area contributed by atoms with Crippen LogP contribution in [0.5, 0.6) is 0 Å². The van der Waals surface area contributed by atoms with Crippen LogP contribution >= 0.6 is 0 Å². The molecule has 0 radical (unpaired) electrons. The van der Waals surface area contributed by atoms with Crippen LogP contribution in [0.15, 0.2) is 24.3 Å². The summed E-state index contributed by atoms with van der Waals surface area (Å²) >= 11 is 0. The number of rotatable bonds is 2. The van der Waals surface area contributed by atoms with Gasteiger partial charge in [-0.2, -0.15) is 0 Å². The van der Waals surface area contributed by atoms with E-state index in [1.54, 1.807) is 19.1 Å². The van der Waals surface area contributed by atoms with Crippen LogP contribution in [0.3, 0.4) is 0 Å². The molecule has 0 aliphatic heterocycles. The van der Waals surface area contributed by atoms with Gasteiger partial charge in [-0.15, -0.1) is 0 Å². The molecule has 9 heteroatoms. The van der Waals surface area contributed by atoms with Gasteiger partial charge in [0.15, 0.2) is 4.98 Å². The number of ether oxygens (including phenoxy) is 1. The van der Waals surface area contributed by atoms with E-state index in [0.29, 0.717) is 17.9 Å². The summed E-state index contributed by atoms with van der Waals surface area (Å²) in [7, 11) is -5.17. The standard InChI is InChI=1S/C9H9N2O2.H2O4S/c1-2-13-9(12)7-3-5-8(11-10)6-4-7;1-5(2,3)4/h3-6H,2H2,1H3;(H2,1,2,3,4)/q+1;/p-2. The molecule has 0 amide bonds.